The lowest BCUT2D eigenvalue weighted by molar-refractivity contribution is 0.0638. The number of nitrogens with one attached hydrogen (secondary N) is 1. The minimum Gasteiger partial charge on any atom is -0.308 e. The molecule has 2 amide bonds. The van der Waals surface area contributed by atoms with Gasteiger partial charge in [-0.2, -0.15) is 0 Å². The van der Waals surface area contributed by atoms with Gasteiger partial charge in [0, 0.05) is 6.07 Å². The average molecular weight is 341 g/mol. The van der Waals surface area contributed by atoms with Crippen LogP contribution in [0.4, 0.5) is 8.78 Å². The summed E-state index contributed by atoms with van der Waals surface area (Å²) in [5, 5.41) is -0.120. The smallest absolute Gasteiger partial charge is 0.261 e. The molecule has 4 rings (SSSR count). The Hall–Kier alpha value is -3.42. The molecule has 8 heteroatoms. The highest BCUT2D eigenvalue weighted by Gasteiger charge is 2.35. The Morgan fingerprint density at radius 2 is 1.56 bits per heavy atom. The summed E-state index contributed by atoms with van der Waals surface area (Å²) in [6.45, 7) is -0.281. The molecule has 6 nitrogen and oxygen atoms in total. The quantitative estimate of drug-likeness (QED) is 0.723. The van der Waals surface area contributed by atoms with E-state index < -0.39 is 29.0 Å². The van der Waals surface area contributed by atoms with Gasteiger partial charge in [-0.3, -0.25) is 19.3 Å². The van der Waals surface area contributed by atoms with Crippen LogP contribution in [0.15, 0.2) is 41.2 Å². The molecule has 25 heavy (non-hydrogen) atoms. The zero-order valence-electron chi connectivity index (χ0n) is 12.5. The third-order valence-corrected chi connectivity index (χ3v) is 3.98. The number of hydrogen-bond acceptors (Lipinski definition) is 4. The van der Waals surface area contributed by atoms with E-state index in [1.54, 1.807) is 12.1 Å². The van der Waals surface area contributed by atoms with Gasteiger partial charge in [-0.1, -0.05) is 12.1 Å². The number of aromatic nitrogens is 2. The predicted octanol–water partition coefficient (Wildman–Crippen LogP) is 2.00. The Morgan fingerprint density at radius 1 is 0.960 bits per heavy atom. The zero-order valence-corrected chi connectivity index (χ0v) is 12.5. The van der Waals surface area contributed by atoms with E-state index in [-0.39, 0.29) is 34.4 Å². The fraction of sp³-hybridized carbons (Fsp3) is 0.0588. The van der Waals surface area contributed by atoms with Crippen LogP contribution in [0.1, 0.15) is 26.5 Å². The molecule has 2 aromatic carbocycles. The summed E-state index contributed by atoms with van der Waals surface area (Å²) in [5.41, 5.74) is -0.211. The summed E-state index contributed by atoms with van der Waals surface area (Å²) in [5.74, 6) is -3.31. The first-order valence-electron chi connectivity index (χ1n) is 7.29. The number of benzene rings is 2. The maximum absolute atomic E-state index is 13.4. The van der Waals surface area contributed by atoms with Crippen molar-refractivity contribution in [1.29, 1.82) is 0 Å². The molecule has 1 aromatic heterocycles. The van der Waals surface area contributed by atoms with E-state index in [0.29, 0.717) is 0 Å². The van der Waals surface area contributed by atoms with E-state index in [0.717, 1.165) is 17.0 Å². The number of aromatic amines is 1. The molecule has 1 aliphatic rings. The molecule has 0 aliphatic carbocycles. The second-order valence-corrected chi connectivity index (χ2v) is 5.54. The second kappa shape index (κ2) is 5.30. The van der Waals surface area contributed by atoms with Gasteiger partial charge in [0.2, 0.25) is 0 Å². The third-order valence-electron chi connectivity index (χ3n) is 3.98. The fourth-order valence-electron chi connectivity index (χ4n) is 2.79. The largest absolute Gasteiger partial charge is 0.308 e. The standard InChI is InChI=1S/C17H9F2N3O3/c18-11-5-10-13(6-12(11)19)20-14(21-15(10)23)7-22-16(24)8-3-1-2-4-9(8)17(22)25/h1-6H,7H2,(H,20,21,23). The third kappa shape index (κ3) is 2.30. The maximum Gasteiger partial charge on any atom is 0.261 e. The molecule has 0 spiro atoms. The Bertz CT molecular complexity index is 1090. The minimum absolute atomic E-state index is 0.00184. The predicted molar refractivity (Wildman–Crippen MR) is 82.9 cm³/mol. The van der Waals surface area contributed by atoms with Crippen molar-refractivity contribution in [1.82, 2.24) is 14.9 Å². The Labute approximate surface area is 138 Å². The number of nitrogens with zero attached hydrogens (tertiary/aromatic N) is 2. The minimum atomic E-state index is -1.16. The van der Waals surface area contributed by atoms with Crippen molar-refractivity contribution in [3.8, 4) is 0 Å². The van der Waals surface area contributed by atoms with Crippen LogP contribution >= 0.6 is 0 Å². The first-order chi connectivity index (χ1) is 12.0. The lowest BCUT2D eigenvalue weighted by Gasteiger charge is -2.13. The molecule has 3 aromatic rings. The van der Waals surface area contributed by atoms with Crippen molar-refractivity contribution in [2.75, 3.05) is 0 Å². The molecular weight excluding hydrogens is 332 g/mol. The molecule has 0 fully saturated rings. The molecular formula is C17H9F2N3O3. The molecule has 1 aliphatic heterocycles. The number of carbonyl (C=O) groups excluding carboxylic acids is 2. The zero-order chi connectivity index (χ0) is 17.7. The van der Waals surface area contributed by atoms with Crippen LogP contribution in [0, 0.1) is 11.6 Å². The molecule has 0 unspecified atom stereocenters. The highest BCUT2D eigenvalue weighted by Crippen LogP contribution is 2.23. The van der Waals surface area contributed by atoms with Gasteiger partial charge in [0.15, 0.2) is 11.6 Å². The monoisotopic (exact) mass is 341 g/mol. The Balaban J connectivity index is 1.75. The van der Waals surface area contributed by atoms with Gasteiger partial charge in [0.25, 0.3) is 17.4 Å². The molecule has 0 saturated carbocycles. The molecule has 0 saturated heterocycles. The second-order valence-electron chi connectivity index (χ2n) is 5.54. The van der Waals surface area contributed by atoms with Crippen molar-refractivity contribution in [2.45, 2.75) is 6.54 Å². The van der Waals surface area contributed by atoms with Crippen molar-refractivity contribution in [3.63, 3.8) is 0 Å². The summed E-state index contributed by atoms with van der Waals surface area (Å²) in [7, 11) is 0. The van der Waals surface area contributed by atoms with Crippen LogP contribution in [0.2, 0.25) is 0 Å². The van der Waals surface area contributed by atoms with Crippen LogP contribution in [0.25, 0.3) is 10.9 Å². The van der Waals surface area contributed by atoms with Gasteiger partial charge in [-0.15, -0.1) is 0 Å². The summed E-state index contributed by atoms with van der Waals surface area (Å²) >= 11 is 0. The van der Waals surface area contributed by atoms with Crippen LogP contribution in [0.3, 0.4) is 0 Å². The van der Waals surface area contributed by atoms with Gasteiger partial charge in [-0.25, -0.2) is 13.8 Å². The van der Waals surface area contributed by atoms with Crippen molar-refractivity contribution in [3.05, 3.63) is 75.3 Å². The number of carbonyl (C=O) groups is 2. The molecule has 2 heterocycles. The lowest BCUT2D eigenvalue weighted by atomic mass is 10.1. The number of imide groups is 1. The summed E-state index contributed by atoms with van der Waals surface area (Å²) in [6.07, 6.45) is 0. The summed E-state index contributed by atoms with van der Waals surface area (Å²) in [6, 6.07) is 7.89. The topological polar surface area (TPSA) is 83.1 Å². The van der Waals surface area contributed by atoms with Gasteiger partial charge in [0.1, 0.15) is 5.82 Å². The van der Waals surface area contributed by atoms with Gasteiger partial charge >= 0.3 is 0 Å². The molecule has 0 bridgehead atoms. The van der Waals surface area contributed by atoms with E-state index in [4.69, 9.17) is 0 Å². The number of amides is 2. The van der Waals surface area contributed by atoms with Gasteiger partial charge in [0.05, 0.1) is 28.6 Å². The molecule has 1 N–H and O–H groups in total. The Morgan fingerprint density at radius 3 is 2.20 bits per heavy atom. The number of fused-ring (bicyclic) bond motifs is 2. The Kier molecular flexibility index (Phi) is 3.21. The highest BCUT2D eigenvalue weighted by atomic mass is 19.2. The lowest BCUT2D eigenvalue weighted by Crippen LogP contribution is -2.31. The van der Waals surface area contributed by atoms with Crippen molar-refractivity contribution < 1.29 is 18.4 Å². The van der Waals surface area contributed by atoms with Crippen LogP contribution in [-0.4, -0.2) is 26.7 Å². The van der Waals surface area contributed by atoms with Crippen LogP contribution < -0.4 is 5.56 Å². The van der Waals surface area contributed by atoms with E-state index >= 15 is 0 Å². The van der Waals surface area contributed by atoms with Crippen LogP contribution in [0.5, 0.6) is 0 Å². The first-order valence-corrected chi connectivity index (χ1v) is 7.29. The van der Waals surface area contributed by atoms with E-state index in [1.807, 2.05) is 0 Å². The fourth-order valence-corrected chi connectivity index (χ4v) is 2.79. The van der Waals surface area contributed by atoms with Crippen LogP contribution in [-0.2, 0) is 6.54 Å². The maximum atomic E-state index is 13.4. The van der Waals surface area contributed by atoms with E-state index in [9.17, 15) is 23.2 Å². The average Bonchev–Trinajstić information content (AvgIpc) is 2.82. The molecule has 124 valence electrons. The number of hydrogen-bond donors (Lipinski definition) is 1. The first kappa shape index (κ1) is 15.1. The molecule has 0 radical (unpaired) electrons. The number of halogens is 2. The van der Waals surface area contributed by atoms with Crippen molar-refractivity contribution >= 4 is 22.7 Å². The number of H-pyrrole nitrogens is 1. The normalized spacial score (nSPS) is 13.6. The SMILES string of the molecule is O=C1c2ccccc2C(=O)N1Cc1nc2cc(F)c(F)cc2c(=O)[nH]1. The summed E-state index contributed by atoms with van der Waals surface area (Å²) in [4.78, 5) is 44.1. The van der Waals surface area contributed by atoms with Crippen molar-refractivity contribution in [2.24, 2.45) is 0 Å². The molecule has 0 atom stereocenters. The summed E-state index contributed by atoms with van der Waals surface area (Å²) < 4.78 is 26.6. The van der Waals surface area contributed by atoms with E-state index in [1.165, 1.54) is 12.1 Å². The highest BCUT2D eigenvalue weighted by molar-refractivity contribution is 6.21. The van der Waals surface area contributed by atoms with Gasteiger partial charge < -0.3 is 4.98 Å². The van der Waals surface area contributed by atoms with E-state index in [2.05, 4.69) is 9.97 Å². The number of rotatable bonds is 2. The van der Waals surface area contributed by atoms with Gasteiger partial charge in [-0.05, 0) is 18.2 Å².